The predicted molar refractivity (Wildman–Crippen MR) is 119 cm³/mol. The Labute approximate surface area is 183 Å². The van der Waals surface area contributed by atoms with Gasteiger partial charge >= 0.3 is 0 Å². The Bertz CT molecular complexity index is 1470. The van der Waals surface area contributed by atoms with Crippen molar-refractivity contribution in [3.8, 4) is 11.4 Å². The zero-order chi connectivity index (χ0) is 21.2. The van der Waals surface area contributed by atoms with Crippen LogP contribution in [0.4, 0.5) is 0 Å². The number of nitrogens with zero attached hydrogens (tertiary/aromatic N) is 4. The Kier molecular flexibility index (Phi) is 4.16. The van der Waals surface area contributed by atoms with Crippen LogP contribution in [0.15, 0.2) is 77.2 Å². The Morgan fingerprint density at radius 2 is 0.933 bits per heavy atom. The number of pyridine rings is 2. The molecule has 0 saturated carbocycles. The lowest BCUT2D eigenvalue weighted by atomic mass is 10.1. The van der Waals surface area contributed by atoms with Gasteiger partial charge in [0.2, 0.25) is 0 Å². The summed E-state index contributed by atoms with van der Waals surface area (Å²) in [5.41, 5.74) is -1.87. The fraction of sp³-hybridized carbons (Fsp3) is 0. The summed E-state index contributed by atoms with van der Waals surface area (Å²) in [7, 11) is 0. The second-order valence-electron chi connectivity index (χ2n) is 6.44. The fourth-order valence-electron chi connectivity index (χ4n) is 3.56. The molecule has 4 aromatic heterocycles. The van der Waals surface area contributed by atoms with Crippen molar-refractivity contribution in [2.75, 3.05) is 0 Å². The Hall–Kier alpha value is -3.24. The van der Waals surface area contributed by atoms with E-state index in [1.54, 1.807) is 24.3 Å². The topological polar surface area (TPSA) is 104 Å². The van der Waals surface area contributed by atoms with Gasteiger partial charge in [0.1, 0.15) is 0 Å². The van der Waals surface area contributed by atoms with Crippen LogP contribution in [0.5, 0.6) is 0 Å². The number of halogens is 2. The lowest BCUT2D eigenvalue weighted by molar-refractivity contribution is 0.975. The van der Waals surface area contributed by atoms with Gasteiger partial charge in [0.05, 0.1) is 45.3 Å². The van der Waals surface area contributed by atoms with Crippen molar-refractivity contribution in [2.24, 2.45) is 0 Å². The van der Waals surface area contributed by atoms with E-state index in [0.717, 1.165) is 9.13 Å². The number of fused-ring (bicyclic) bond motifs is 2. The van der Waals surface area contributed by atoms with Crippen LogP contribution in [0, 0.1) is 0 Å². The number of rotatable bonds is 2. The van der Waals surface area contributed by atoms with Gasteiger partial charge < -0.3 is 0 Å². The zero-order valence-corrected chi connectivity index (χ0v) is 18.0. The molecule has 5 aromatic rings. The molecule has 0 spiro atoms. The summed E-state index contributed by atoms with van der Waals surface area (Å²) >= 11 is 6.60. The van der Waals surface area contributed by atoms with E-state index in [9.17, 15) is 19.2 Å². The SMILES string of the molecule is O=c1c2c(Br)c3c(=O)n(-c4cccnc4)c(=O)c3c(Br)c2c(=O)n1-c1cccnc1. The van der Waals surface area contributed by atoms with Crippen molar-refractivity contribution in [2.45, 2.75) is 0 Å². The Morgan fingerprint density at radius 3 is 1.20 bits per heavy atom. The Balaban J connectivity index is 2.01. The van der Waals surface area contributed by atoms with E-state index in [2.05, 4.69) is 41.8 Å². The summed E-state index contributed by atoms with van der Waals surface area (Å²) in [4.78, 5) is 60.4. The molecule has 30 heavy (non-hydrogen) atoms. The first kappa shape index (κ1) is 18.8. The van der Waals surface area contributed by atoms with Gasteiger partial charge in [-0.25, -0.2) is 9.13 Å². The van der Waals surface area contributed by atoms with Crippen molar-refractivity contribution in [1.29, 1.82) is 0 Å². The third-order valence-electron chi connectivity index (χ3n) is 4.85. The molecule has 4 heterocycles. The average molecular weight is 528 g/mol. The number of hydrogen-bond donors (Lipinski definition) is 0. The molecule has 0 N–H and O–H groups in total. The second-order valence-corrected chi connectivity index (χ2v) is 8.03. The minimum atomic E-state index is -0.613. The van der Waals surface area contributed by atoms with Gasteiger partial charge in [0.25, 0.3) is 22.2 Å². The highest BCUT2D eigenvalue weighted by atomic mass is 79.9. The van der Waals surface area contributed by atoms with E-state index in [1.165, 1.54) is 24.8 Å². The highest BCUT2D eigenvalue weighted by Crippen LogP contribution is 2.34. The van der Waals surface area contributed by atoms with Crippen molar-refractivity contribution >= 4 is 53.4 Å². The summed E-state index contributed by atoms with van der Waals surface area (Å²) in [6.45, 7) is 0. The maximum absolute atomic E-state index is 13.1. The molecule has 0 atom stereocenters. The van der Waals surface area contributed by atoms with E-state index < -0.39 is 22.2 Å². The van der Waals surface area contributed by atoms with Crippen molar-refractivity contribution in [3.05, 3.63) is 99.4 Å². The molecule has 0 aliphatic heterocycles. The van der Waals surface area contributed by atoms with Crippen molar-refractivity contribution < 1.29 is 0 Å². The van der Waals surface area contributed by atoms with Crippen LogP contribution in [-0.4, -0.2) is 19.1 Å². The molecule has 10 heteroatoms. The summed E-state index contributed by atoms with van der Waals surface area (Å²) in [6.07, 6.45) is 5.81. The lowest BCUT2D eigenvalue weighted by Gasteiger charge is -1.98. The van der Waals surface area contributed by atoms with E-state index in [-0.39, 0.29) is 41.9 Å². The van der Waals surface area contributed by atoms with Gasteiger partial charge in [-0.2, -0.15) is 0 Å². The quantitative estimate of drug-likeness (QED) is 0.348. The number of aromatic nitrogens is 4. The van der Waals surface area contributed by atoms with Gasteiger partial charge in [-0.15, -0.1) is 0 Å². The highest BCUT2D eigenvalue weighted by Gasteiger charge is 2.28. The third-order valence-corrected chi connectivity index (χ3v) is 6.44. The summed E-state index contributed by atoms with van der Waals surface area (Å²) in [6, 6.07) is 6.35. The van der Waals surface area contributed by atoms with Gasteiger partial charge in [-0.05, 0) is 56.1 Å². The second kappa shape index (κ2) is 6.64. The molecular weight excluding hydrogens is 520 g/mol. The summed E-state index contributed by atoms with van der Waals surface area (Å²) in [5, 5.41) is 0.0691. The molecule has 0 bridgehead atoms. The molecule has 146 valence electrons. The van der Waals surface area contributed by atoms with Crippen LogP contribution in [0.2, 0.25) is 0 Å². The van der Waals surface area contributed by atoms with Crippen LogP contribution < -0.4 is 22.2 Å². The molecule has 0 radical (unpaired) electrons. The monoisotopic (exact) mass is 526 g/mol. The van der Waals surface area contributed by atoms with E-state index in [1.807, 2.05) is 0 Å². The molecule has 0 aliphatic rings. The Morgan fingerprint density at radius 1 is 0.600 bits per heavy atom. The normalized spacial score (nSPS) is 11.5. The van der Waals surface area contributed by atoms with Crippen LogP contribution in [0.1, 0.15) is 0 Å². The fourth-order valence-corrected chi connectivity index (χ4v) is 5.04. The summed E-state index contributed by atoms with van der Waals surface area (Å²) in [5.74, 6) is 0. The number of benzene rings is 1. The molecule has 0 unspecified atom stereocenters. The van der Waals surface area contributed by atoms with E-state index in [4.69, 9.17) is 0 Å². The van der Waals surface area contributed by atoms with E-state index in [0.29, 0.717) is 0 Å². The maximum Gasteiger partial charge on any atom is 0.267 e. The first-order valence-electron chi connectivity index (χ1n) is 8.56. The average Bonchev–Trinajstić information content (AvgIpc) is 3.17. The number of hydrogen-bond acceptors (Lipinski definition) is 6. The molecule has 0 saturated heterocycles. The van der Waals surface area contributed by atoms with Gasteiger partial charge in [0.15, 0.2) is 0 Å². The van der Waals surface area contributed by atoms with Gasteiger partial charge in [-0.3, -0.25) is 29.1 Å². The molecule has 0 amide bonds. The first-order valence-corrected chi connectivity index (χ1v) is 10.1. The zero-order valence-electron chi connectivity index (χ0n) is 14.8. The van der Waals surface area contributed by atoms with E-state index >= 15 is 0 Å². The molecule has 0 fully saturated rings. The molecule has 0 aliphatic carbocycles. The van der Waals surface area contributed by atoms with Crippen molar-refractivity contribution in [1.82, 2.24) is 19.1 Å². The van der Waals surface area contributed by atoms with Crippen LogP contribution in [0.25, 0.3) is 32.9 Å². The molecule has 5 rings (SSSR count). The minimum Gasteiger partial charge on any atom is -0.268 e. The molecule has 8 nitrogen and oxygen atoms in total. The van der Waals surface area contributed by atoms with Crippen LogP contribution >= 0.6 is 31.9 Å². The lowest BCUT2D eigenvalue weighted by Crippen LogP contribution is -2.24. The standard InChI is InChI=1S/C20H8Br2N4O4/c21-15-11-12(18(28)25(17(11)27)9-3-1-5-23-7-9)16(22)14-13(15)19(29)26(20(14)30)10-4-2-6-24-8-10/h1-8H. The van der Waals surface area contributed by atoms with Crippen LogP contribution in [0.3, 0.4) is 0 Å². The largest absolute Gasteiger partial charge is 0.268 e. The smallest absolute Gasteiger partial charge is 0.267 e. The maximum atomic E-state index is 13.1. The highest BCUT2D eigenvalue weighted by molar-refractivity contribution is 9.11. The molecule has 1 aromatic carbocycles. The minimum absolute atomic E-state index is 0.0173. The molecular formula is C20H8Br2N4O4. The van der Waals surface area contributed by atoms with Gasteiger partial charge in [-0.1, -0.05) is 0 Å². The van der Waals surface area contributed by atoms with Crippen LogP contribution in [-0.2, 0) is 0 Å². The van der Waals surface area contributed by atoms with Gasteiger partial charge in [0, 0.05) is 21.3 Å². The van der Waals surface area contributed by atoms with Crippen molar-refractivity contribution in [3.63, 3.8) is 0 Å². The summed E-state index contributed by atoms with van der Waals surface area (Å²) < 4.78 is 2.14. The third kappa shape index (κ3) is 2.37. The first-order chi connectivity index (χ1) is 14.4. The predicted octanol–water partition coefficient (Wildman–Crippen LogP) is 2.21.